The van der Waals surface area contributed by atoms with Gasteiger partial charge in [-0.05, 0) is 122 Å². The summed E-state index contributed by atoms with van der Waals surface area (Å²) in [5.74, 6) is 0. The fourth-order valence-corrected chi connectivity index (χ4v) is 8.71. The van der Waals surface area contributed by atoms with E-state index in [1.165, 1.54) is 6.07 Å². The van der Waals surface area contributed by atoms with Crippen molar-refractivity contribution in [3.63, 3.8) is 0 Å². The molecule has 2 aromatic heterocycles. The molecule has 2 heterocycles. The Bertz CT molecular complexity index is 5150. The Labute approximate surface area is 407 Å². The Morgan fingerprint density at radius 1 is 0.415 bits per heavy atom. The summed E-state index contributed by atoms with van der Waals surface area (Å²) < 4.78 is 212. The number of hydrogen-bond donors (Lipinski definition) is 0. The van der Waals surface area contributed by atoms with Gasteiger partial charge in [0.2, 0.25) is 0 Å². The van der Waals surface area contributed by atoms with Gasteiger partial charge < -0.3 is 13.9 Å². The van der Waals surface area contributed by atoms with Crippen LogP contribution in [-0.4, -0.2) is 4.57 Å². The molecule has 65 heavy (non-hydrogen) atoms. The molecule has 0 atom stereocenters. The van der Waals surface area contributed by atoms with Gasteiger partial charge in [-0.2, -0.15) is 0 Å². The van der Waals surface area contributed by atoms with Crippen molar-refractivity contribution in [3.05, 3.63) is 242 Å². The summed E-state index contributed by atoms with van der Waals surface area (Å²) in [6, 6.07) is 14.1. The molecule has 11 aromatic carbocycles. The van der Waals surface area contributed by atoms with Gasteiger partial charge in [0, 0.05) is 44.2 Å². The number of aromatic nitrogens is 1. The van der Waals surface area contributed by atoms with E-state index < -0.39 is 188 Å². The maximum atomic E-state index is 10.1. The zero-order valence-corrected chi connectivity index (χ0v) is 33.7. The largest absolute Gasteiger partial charge is 0.455 e. The summed E-state index contributed by atoms with van der Waals surface area (Å²) in [7, 11) is 0. The smallest absolute Gasteiger partial charge is 0.145 e. The van der Waals surface area contributed by atoms with Crippen LogP contribution in [0.15, 0.2) is 247 Å². The molecule has 0 unspecified atom stereocenters. The standard InChI is InChI=1S/C62H40N2O/c1-2-15-41(16-3-1)42-29-33-46(34-30-42)63(47-35-31-43(32-36-47)56-40-44-17-4-5-20-49(44)50-21-6-7-22-51(50)56)59-38-37-55-54-25-10-13-28-60(54)65-62(55)61(59)45-18-14-19-48(39-45)64-57-26-11-8-23-52(57)53-24-9-12-27-58(53)64/h1-40H/i1D,2D,3D,4D,5D,6D,7D,15D,16D,17D,20D,21D,22D,29D,30D,31D,32D,33D,34D,35D,36D,40D. The molecule has 0 spiro atoms. The molecule has 0 fully saturated rings. The van der Waals surface area contributed by atoms with Crippen molar-refractivity contribution in [2.24, 2.45) is 0 Å². The Kier molecular flexibility index (Phi) is 4.88. The highest BCUT2D eigenvalue weighted by Crippen LogP contribution is 2.48. The Hall–Kier alpha value is -8.66. The van der Waals surface area contributed by atoms with Gasteiger partial charge in [0.05, 0.1) is 46.9 Å². The Balaban J connectivity index is 1.19. The lowest BCUT2D eigenvalue weighted by atomic mass is 9.93. The number of benzene rings is 11. The number of nitrogens with zero attached hydrogens (tertiary/aromatic N) is 2. The molecule has 0 radical (unpaired) electrons. The lowest BCUT2D eigenvalue weighted by Gasteiger charge is -2.28. The van der Waals surface area contributed by atoms with Crippen LogP contribution in [0, 0.1) is 0 Å². The zero-order chi connectivity index (χ0) is 62.0. The first-order valence-electron chi connectivity index (χ1n) is 31.5. The molecule has 0 saturated carbocycles. The van der Waals surface area contributed by atoms with Crippen molar-refractivity contribution >= 4 is 82.4 Å². The molecule has 3 heteroatoms. The second kappa shape index (κ2) is 15.0. The summed E-state index contributed by atoms with van der Waals surface area (Å²) in [6.07, 6.45) is 0. The highest BCUT2D eigenvalue weighted by Gasteiger charge is 2.24. The monoisotopic (exact) mass is 850 g/mol. The molecule has 0 amide bonds. The Morgan fingerprint density at radius 2 is 1.02 bits per heavy atom. The van der Waals surface area contributed by atoms with Gasteiger partial charge in [0.25, 0.3) is 0 Å². The van der Waals surface area contributed by atoms with Gasteiger partial charge in [-0.25, -0.2) is 0 Å². The predicted molar refractivity (Wildman–Crippen MR) is 274 cm³/mol. The minimum atomic E-state index is -0.982. The van der Waals surface area contributed by atoms with E-state index >= 15 is 0 Å². The second-order valence-corrected chi connectivity index (χ2v) is 15.1. The topological polar surface area (TPSA) is 21.3 Å². The summed E-state index contributed by atoms with van der Waals surface area (Å²) in [4.78, 5) is 0.995. The van der Waals surface area contributed by atoms with Crippen molar-refractivity contribution in [1.82, 2.24) is 4.57 Å². The van der Waals surface area contributed by atoms with Crippen LogP contribution in [-0.2, 0) is 0 Å². The maximum absolute atomic E-state index is 10.1. The van der Waals surface area contributed by atoms with E-state index in [0.29, 0.717) is 27.6 Å². The number of fused-ring (bicyclic) bond motifs is 9. The van der Waals surface area contributed by atoms with Gasteiger partial charge >= 0.3 is 0 Å². The van der Waals surface area contributed by atoms with Crippen LogP contribution in [0.5, 0.6) is 0 Å². The van der Waals surface area contributed by atoms with E-state index in [-0.39, 0.29) is 16.8 Å². The fourth-order valence-electron chi connectivity index (χ4n) is 8.71. The molecule has 0 aliphatic carbocycles. The molecule has 3 nitrogen and oxygen atoms in total. The summed E-state index contributed by atoms with van der Waals surface area (Å²) >= 11 is 0. The highest BCUT2D eigenvalue weighted by atomic mass is 16.3. The third-order valence-electron chi connectivity index (χ3n) is 11.5. The lowest BCUT2D eigenvalue weighted by molar-refractivity contribution is 0.670. The van der Waals surface area contributed by atoms with Gasteiger partial charge in [0.1, 0.15) is 11.2 Å². The van der Waals surface area contributed by atoms with Crippen molar-refractivity contribution in [3.8, 4) is 39.1 Å². The van der Waals surface area contributed by atoms with Crippen molar-refractivity contribution < 1.29 is 34.6 Å². The van der Waals surface area contributed by atoms with Crippen molar-refractivity contribution in [1.29, 1.82) is 0 Å². The van der Waals surface area contributed by atoms with E-state index in [1.807, 2.05) is 66.7 Å². The van der Waals surface area contributed by atoms with E-state index in [4.69, 9.17) is 20.9 Å². The number of hydrogen-bond acceptors (Lipinski definition) is 2. The highest BCUT2D eigenvalue weighted by molar-refractivity contribution is 6.15. The van der Waals surface area contributed by atoms with Gasteiger partial charge in [0.15, 0.2) is 0 Å². The molecule has 0 bridgehead atoms. The minimum absolute atomic E-state index is 0.117. The zero-order valence-electron chi connectivity index (χ0n) is 55.7. The number of anilines is 3. The lowest BCUT2D eigenvalue weighted by Crippen LogP contribution is -2.11. The molecule has 0 aliphatic heterocycles. The van der Waals surface area contributed by atoms with Gasteiger partial charge in [-0.3, -0.25) is 0 Å². The molecule has 0 aliphatic rings. The molecule has 0 saturated heterocycles. The third-order valence-corrected chi connectivity index (χ3v) is 11.5. The van der Waals surface area contributed by atoms with Crippen LogP contribution < -0.4 is 4.90 Å². The van der Waals surface area contributed by atoms with E-state index in [9.17, 15) is 13.7 Å². The SMILES string of the molecule is [2H]c1c([2H])c([2H])c(-c2c([2H])c([2H])c(N(c3ccc4c(oc5ccccc54)c3-c3cccc(-n4c5ccccc5c5ccccc54)c3)c3c([2H])c([2H])c(-c4c([2H])c5c([2H])c([2H])c([2H])c([2H])c5c5c([2H])c([2H])c([2H])c([2H])c45)c([2H])c3[2H])c([2H])c2[2H])c([2H])c1[2H]. The first-order valence-corrected chi connectivity index (χ1v) is 20.5. The number of para-hydroxylation sites is 3. The summed E-state index contributed by atoms with van der Waals surface area (Å²) in [5, 5.41) is 1.02. The van der Waals surface area contributed by atoms with Gasteiger partial charge in [-0.1, -0.05) is 169 Å². The molecule has 0 N–H and O–H groups in total. The van der Waals surface area contributed by atoms with E-state index in [2.05, 4.69) is 4.57 Å². The van der Waals surface area contributed by atoms with Crippen molar-refractivity contribution in [2.45, 2.75) is 0 Å². The molecule has 304 valence electrons. The van der Waals surface area contributed by atoms with Crippen LogP contribution in [0.4, 0.5) is 17.1 Å². The van der Waals surface area contributed by atoms with Crippen LogP contribution in [0.2, 0.25) is 0 Å². The maximum Gasteiger partial charge on any atom is 0.145 e. The average molecular weight is 851 g/mol. The summed E-state index contributed by atoms with van der Waals surface area (Å²) in [5.41, 5.74) is -0.855. The van der Waals surface area contributed by atoms with Crippen LogP contribution >= 0.6 is 0 Å². The number of rotatable bonds is 7. The summed E-state index contributed by atoms with van der Waals surface area (Å²) in [6.45, 7) is 0. The van der Waals surface area contributed by atoms with Gasteiger partial charge in [-0.15, -0.1) is 0 Å². The quantitative estimate of drug-likeness (QED) is 0.149. The fraction of sp³-hybridized carbons (Fsp3) is 0. The van der Waals surface area contributed by atoms with E-state index in [1.54, 1.807) is 36.4 Å². The molecule has 13 aromatic rings. The predicted octanol–water partition coefficient (Wildman–Crippen LogP) is 17.5. The minimum Gasteiger partial charge on any atom is -0.455 e. The Morgan fingerprint density at radius 3 is 1.75 bits per heavy atom. The molecular weight excluding hydrogens is 789 g/mol. The third kappa shape index (κ3) is 6.05. The first kappa shape index (κ1) is 21.1. The normalized spacial score (nSPS) is 16.4. The molecular formula is C62H40N2O. The first-order chi connectivity index (χ1) is 41.4. The van der Waals surface area contributed by atoms with Crippen molar-refractivity contribution in [2.75, 3.05) is 4.90 Å². The van der Waals surface area contributed by atoms with E-state index in [0.717, 1.165) is 26.7 Å². The van der Waals surface area contributed by atoms with Crippen LogP contribution in [0.25, 0.3) is 104 Å². The number of furan rings is 1. The van der Waals surface area contributed by atoms with Crippen LogP contribution in [0.1, 0.15) is 30.2 Å². The molecule has 13 rings (SSSR count). The van der Waals surface area contributed by atoms with Crippen LogP contribution in [0.3, 0.4) is 0 Å². The second-order valence-electron chi connectivity index (χ2n) is 15.1. The average Bonchev–Trinajstić information content (AvgIpc) is 1.36.